The molecular formula is C18H32N2O3. The van der Waals surface area contributed by atoms with Gasteiger partial charge in [0.2, 0.25) is 0 Å². The fourth-order valence-electron chi connectivity index (χ4n) is 3.23. The Morgan fingerprint density at radius 2 is 2.30 bits per heavy atom. The molecule has 0 saturated carbocycles. The fraction of sp³-hybridized carbons (Fsp3) is 0.833. The standard InChI is InChI=1S/C18H32N2O3/c1-4-22-13-16-12-20(10-11-23-16)17(21)19-14-18(2,3)15-8-6-5-7-9-15/h8,16H,4-7,9-14H2,1-3H3,(H,19,21). The minimum absolute atomic E-state index is 0.0106. The van der Waals surface area contributed by atoms with E-state index in [9.17, 15) is 4.79 Å². The number of urea groups is 1. The third-order valence-electron chi connectivity index (χ3n) is 4.78. The van der Waals surface area contributed by atoms with E-state index in [-0.39, 0.29) is 17.6 Å². The second-order valence-corrected chi connectivity index (χ2v) is 7.12. The van der Waals surface area contributed by atoms with Gasteiger partial charge in [-0.15, -0.1) is 0 Å². The smallest absolute Gasteiger partial charge is 0.317 e. The lowest BCUT2D eigenvalue weighted by atomic mass is 9.78. The van der Waals surface area contributed by atoms with E-state index in [2.05, 4.69) is 25.2 Å². The summed E-state index contributed by atoms with van der Waals surface area (Å²) in [6.45, 7) is 10.2. The molecule has 0 aromatic rings. The second kappa shape index (κ2) is 8.69. The molecule has 1 atom stereocenters. The number of rotatable bonds is 6. The molecule has 23 heavy (non-hydrogen) atoms. The summed E-state index contributed by atoms with van der Waals surface area (Å²) < 4.78 is 11.0. The van der Waals surface area contributed by atoms with Gasteiger partial charge in [-0.1, -0.05) is 25.5 Å². The van der Waals surface area contributed by atoms with Gasteiger partial charge in [-0.3, -0.25) is 0 Å². The summed E-state index contributed by atoms with van der Waals surface area (Å²) in [7, 11) is 0. The van der Waals surface area contributed by atoms with Crippen molar-refractivity contribution in [2.45, 2.75) is 52.6 Å². The Balaban J connectivity index is 1.80. The minimum atomic E-state index is -0.0106. The highest BCUT2D eigenvalue weighted by Crippen LogP contribution is 2.33. The van der Waals surface area contributed by atoms with Crippen molar-refractivity contribution in [3.8, 4) is 0 Å². The van der Waals surface area contributed by atoms with E-state index in [0.717, 1.165) is 6.42 Å². The lowest BCUT2D eigenvalue weighted by molar-refractivity contribution is -0.0567. The number of hydrogen-bond donors (Lipinski definition) is 1. The molecule has 0 bridgehead atoms. The fourth-order valence-corrected chi connectivity index (χ4v) is 3.23. The molecule has 0 aromatic heterocycles. The summed E-state index contributed by atoms with van der Waals surface area (Å²) in [6, 6.07) is 0.0132. The van der Waals surface area contributed by atoms with E-state index in [4.69, 9.17) is 9.47 Å². The monoisotopic (exact) mass is 324 g/mol. The van der Waals surface area contributed by atoms with Crippen LogP contribution in [0.25, 0.3) is 0 Å². The topological polar surface area (TPSA) is 50.8 Å². The van der Waals surface area contributed by atoms with Crippen molar-refractivity contribution in [1.82, 2.24) is 10.2 Å². The van der Waals surface area contributed by atoms with Crippen LogP contribution in [0.4, 0.5) is 4.79 Å². The average molecular weight is 324 g/mol. The van der Waals surface area contributed by atoms with Crippen LogP contribution in [-0.2, 0) is 9.47 Å². The van der Waals surface area contributed by atoms with E-state index >= 15 is 0 Å². The van der Waals surface area contributed by atoms with Crippen LogP contribution >= 0.6 is 0 Å². The summed E-state index contributed by atoms with van der Waals surface area (Å²) in [5, 5.41) is 3.12. The van der Waals surface area contributed by atoms with Crippen LogP contribution in [-0.4, -0.2) is 56.5 Å². The molecule has 0 spiro atoms. The van der Waals surface area contributed by atoms with Crippen molar-refractivity contribution in [2.75, 3.05) is 39.5 Å². The molecule has 0 radical (unpaired) electrons. The lowest BCUT2D eigenvalue weighted by Gasteiger charge is -2.35. The highest BCUT2D eigenvalue weighted by atomic mass is 16.5. The van der Waals surface area contributed by atoms with E-state index in [1.165, 1.54) is 24.8 Å². The molecule has 5 heteroatoms. The third-order valence-corrected chi connectivity index (χ3v) is 4.78. The summed E-state index contributed by atoms with van der Waals surface area (Å²) in [4.78, 5) is 14.3. The average Bonchev–Trinajstić information content (AvgIpc) is 2.59. The first kappa shape index (κ1) is 18.3. The van der Waals surface area contributed by atoms with E-state index < -0.39 is 0 Å². The molecule has 1 saturated heterocycles. The van der Waals surface area contributed by atoms with E-state index in [1.807, 2.05) is 11.8 Å². The summed E-state index contributed by atoms with van der Waals surface area (Å²) >= 11 is 0. The Kier molecular flexibility index (Phi) is 6.90. The number of hydrogen-bond acceptors (Lipinski definition) is 3. The Hall–Kier alpha value is -1.07. The molecule has 2 rings (SSSR count). The van der Waals surface area contributed by atoms with Crippen molar-refractivity contribution in [3.05, 3.63) is 11.6 Å². The number of nitrogens with zero attached hydrogens (tertiary/aromatic N) is 1. The first-order valence-electron chi connectivity index (χ1n) is 8.94. The van der Waals surface area contributed by atoms with Gasteiger partial charge in [0.15, 0.2) is 0 Å². The zero-order valence-electron chi connectivity index (χ0n) is 14.9. The Labute approximate surface area is 140 Å². The molecule has 5 nitrogen and oxygen atoms in total. The minimum Gasteiger partial charge on any atom is -0.379 e. The maximum atomic E-state index is 12.4. The number of carbonyl (C=O) groups excluding carboxylic acids is 1. The van der Waals surface area contributed by atoms with Gasteiger partial charge in [0.1, 0.15) is 0 Å². The first-order chi connectivity index (χ1) is 11.0. The molecule has 1 heterocycles. The maximum absolute atomic E-state index is 12.4. The van der Waals surface area contributed by atoms with Crippen molar-refractivity contribution in [2.24, 2.45) is 5.41 Å². The van der Waals surface area contributed by atoms with E-state index in [1.54, 1.807) is 0 Å². The summed E-state index contributed by atoms with van der Waals surface area (Å²) in [6.07, 6.45) is 7.25. The predicted octanol–water partition coefficient (Wildman–Crippen LogP) is 2.96. The van der Waals surface area contributed by atoms with Crippen molar-refractivity contribution in [1.29, 1.82) is 0 Å². The van der Waals surface area contributed by atoms with Crippen molar-refractivity contribution in [3.63, 3.8) is 0 Å². The molecule has 1 unspecified atom stereocenters. The van der Waals surface area contributed by atoms with Crippen LogP contribution in [0.3, 0.4) is 0 Å². The highest BCUT2D eigenvalue weighted by Gasteiger charge is 2.28. The maximum Gasteiger partial charge on any atom is 0.317 e. The van der Waals surface area contributed by atoms with Crippen molar-refractivity contribution >= 4 is 6.03 Å². The zero-order valence-corrected chi connectivity index (χ0v) is 14.9. The first-order valence-corrected chi connectivity index (χ1v) is 8.94. The molecule has 1 aliphatic heterocycles. The number of ether oxygens (including phenoxy) is 2. The number of nitrogens with one attached hydrogen (secondary N) is 1. The van der Waals surface area contributed by atoms with Gasteiger partial charge in [0, 0.05) is 25.1 Å². The molecule has 0 aromatic carbocycles. The van der Waals surface area contributed by atoms with Gasteiger partial charge < -0.3 is 19.7 Å². The van der Waals surface area contributed by atoms with Crippen LogP contribution in [0, 0.1) is 5.41 Å². The molecule has 2 amide bonds. The third kappa shape index (κ3) is 5.50. The van der Waals surface area contributed by atoms with Crippen LogP contribution < -0.4 is 5.32 Å². The van der Waals surface area contributed by atoms with Crippen molar-refractivity contribution < 1.29 is 14.3 Å². The molecule has 2 aliphatic rings. The normalized spacial score (nSPS) is 22.7. The Morgan fingerprint density at radius 3 is 3.00 bits per heavy atom. The second-order valence-electron chi connectivity index (χ2n) is 7.12. The Morgan fingerprint density at radius 1 is 1.48 bits per heavy atom. The zero-order chi connectivity index (χ0) is 16.7. The number of amides is 2. The van der Waals surface area contributed by atoms with Gasteiger partial charge in [-0.25, -0.2) is 4.79 Å². The van der Waals surface area contributed by atoms with Crippen LogP contribution in [0.1, 0.15) is 46.5 Å². The molecule has 1 aliphatic carbocycles. The van der Waals surface area contributed by atoms with E-state index in [0.29, 0.717) is 39.5 Å². The Bertz CT molecular complexity index is 420. The van der Waals surface area contributed by atoms with Gasteiger partial charge >= 0.3 is 6.03 Å². The quantitative estimate of drug-likeness (QED) is 0.764. The molecule has 132 valence electrons. The van der Waals surface area contributed by atoms with Gasteiger partial charge in [-0.2, -0.15) is 0 Å². The van der Waals surface area contributed by atoms with Gasteiger partial charge in [0.05, 0.1) is 25.9 Å². The highest BCUT2D eigenvalue weighted by molar-refractivity contribution is 5.74. The predicted molar refractivity (Wildman–Crippen MR) is 91.5 cm³/mol. The molecule has 1 fully saturated rings. The van der Waals surface area contributed by atoms with Crippen LogP contribution in [0.5, 0.6) is 0 Å². The summed E-state index contributed by atoms with van der Waals surface area (Å²) in [5.41, 5.74) is 1.52. The van der Waals surface area contributed by atoms with Crippen LogP contribution in [0.15, 0.2) is 11.6 Å². The number of morpholine rings is 1. The largest absolute Gasteiger partial charge is 0.379 e. The molecule has 1 N–H and O–H groups in total. The van der Waals surface area contributed by atoms with Gasteiger partial charge in [-0.05, 0) is 32.6 Å². The summed E-state index contributed by atoms with van der Waals surface area (Å²) in [5.74, 6) is 0. The SMILES string of the molecule is CCOCC1CN(C(=O)NCC(C)(C)C2=CCCCC2)CCO1. The number of allylic oxidation sites excluding steroid dienone is 1. The van der Waals surface area contributed by atoms with Gasteiger partial charge in [0.25, 0.3) is 0 Å². The molecular weight excluding hydrogens is 292 g/mol. The lowest BCUT2D eigenvalue weighted by Crippen LogP contribution is -2.52. The van der Waals surface area contributed by atoms with Crippen LogP contribution in [0.2, 0.25) is 0 Å². The number of carbonyl (C=O) groups is 1.